The van der Waals surface area contributed by atoms with Gasteiger partial charge in [-0.05, 0) is 24.2 Å². The number of urea groups is 1. The maximum absolute atomic E-state index is 11.8. The van der Waals surface area contributed by atoms with Crippen LogP contribution in [0, 0.1) is 0 Å². The smallest absolute Gasteiger partial charge is 0.417 e. The van der Waals surface area contributed by atoms with Gasteiger partial charge >= 0.3 is 12.1 Å². The van der Waals surface area contributed by atoms with E-state index >= 15 is 0 Å². The maximum Gasteiger partial charge on any atom is 0.417 e. The molecule has 4 heterocycles. The van der Waals surface area contributed by atoms with Crippen LogP contribution in [-0.4, -0.2) is 49.2 Å². The largest absolute Gasteiger partial charge is 0.452 e. The third kappa shape index (κ3) is 3.32. The molecule has 0 spiro atoms. The average Bonchev–Trinajstić information content (AvgIpc) is 3.34. The molecular formula is C17H16N8O3. The fourth-order valence-corrected chi connectivity index (χ4v) is 2.57. The summed E-state index contributed by atoms with van der Waals surface area (Å²) < 4.78 is 11.6. The molecule has 0 saturated carbocycles. The van der Waals surface area contributed by atoms with Gasteiger partial charge in [0.1, 0.15) is 5.65 Å². The Kier molecular flexibility index (Phi) is 4.54. The van der Waals surface area contributed by atoms with Crippen LogP contribution in [0.25, 0.3) is 28.6 Å². The highest BCUT2D eigenvalue weighted by molar-refractivity contribution is 5.88. The Morgan fingerprint density at radius 3 is 2.93 bits per heavy atom. The molecular weight excluding hydrogens is 364 g/mol. The van der Waals surface area contributed by atoms with Crippen molar-refractivity contribution in [3.63, 3.8) is 0 Å². The number of imidazole rings is 1. The summed E-state index contributed by atoms with van der Waals surface area (Å²) >= 11 is 0. The van der Waals surface area contributed by atoms with Crippen molar-refractivity contribution in [1.82, 2.24) is 34.8 Å². The molecule has 28 heavy (non-hydrogen) atoms. The summed E-state index contributed by atoms with van der Waals surface area (Å²) in [6.07, 6.45) is 5.01. The van der Waals surface area contributed by atoms with Gasteiger partial charge in [-0.2, -0.15) is 0 Å². The molecule has 0 saturated heterocycles. The van der Waals surface area contributed by atoms with Crippen molar-refractivity contribution in [3.8, 4) is 29.0 Å². The second-order valence-electron chi connectivity index (χ2n) is 5.63. The number of methoxy groups -OCH3 is 1. The first-order chi connectivity index (χ1) is 13.7. The van der Waals surface area contributed by atoms with Crippen molar-refractivity contribution < 1.29 is 14.1 Å². The predicted octanol–water partition coefficient (Wildman–Crippen LogP) is 1.99. The van der Waals surface area contributed by atoms with Gasteiger partial charge in [0.05, 0.1) is 19.0 Å². The van der Waals surface area contributed by atoms with Gasteiger partial charge in [-0.15, -0.1) is 4.98 Å². The van der Waals surface area contributed by atoms with E-state index in [1.165, 1.54) is 7.11 Å². The lowest BCUT2D eigenvalue weighted by Crippen LogP contribution is -2.28. The van der Waals surface area contributed by atoms with Crippen molar-refractivity contribution in [3.05, 3.63) is 36.8 Å². The number of pyridine rings is 1. The number of hydrogen-bond acceptors (Lipinski definition) is 8. The lowest BCUT2D eigenvalue weighted by Gasteiger charge is -2.05. The Balaban J connectivity index is 1.85. The zero-order valence-electron chi connectivity index (χ0n) is 15.1. The van der Waals surface area contributed by atoms with Crippen LogP contribution in [0.4, 0.5) is 10.6 Å². The number of anilines is 1. The molecule has 0 fully saturated rings. The summed E-state index contributed by atoms with van der Waals surface area (Å²) in [6, 6.07) is 5.12. The molecule has 142 valence electrons. The van der Waals surface area contributed by atoms with E-state index in [0.717, 1.165) is 5.56 Å². The maximum atomic E-state index is 11.8. The quantitative estimate of drug-likeness (QED) is 0.537. The Morgan fingerprint density at radius 1 is 1.32 bits per heavy atom. The summed E-state index contributed by atoms with van der Waals surface area (Å²) in [7, 11) is 1.43. The molecule has 2 N–H and O–H groups in total. The van der Waals surface area contributed by atoms with Gasteiger partial charge in [-0.3, -0.25) is 19.2 Å². The van der Waals surface area contributed by atoms with E-state index in [4.69, 9.17) is 9.26 Å². The second-order valence-corrected chi connectivity index (χ2v) is 5.63. The molecule has 0 aliphatic heterocycles. The van der Waals surface area contributed by atoms with Gasteiger partial charge in [0.25, 0.3) is 0 Å². The number of nitrogens with zero attached hydrogens (tertiary/aromatic N) is 6. The lowest BCUT2D eigenvalue weighted by atomic mass is 10.2. The van der Waals surface area contributed by atoms with Crippen molar-refractivity contribution in [2.75, 3.05) is 19.0 Å². The summed E-state index contributed by atoms with van der Waals surface area (Å²) in [4.78, 5) is 29.2. The van der Waals surface area contributed by atoms with Crippen molar-refractivity contribution in [2.24, 2.45) is 0 Å². The molecule has 0 aliphatic rings. The predicted molar refractivity (Wildman–Crippen MR) is 98.8 cm³/mol. The number of nitrogens with one attached hydrogen (secondary N) is 2. The van der Waals surface area contributed by atoms with Crippen LogP contribution in [0.3, 0.4) is 0 Å². The lowest BCUT2D eigenvalue weighted by molar-refractivity contribution is 0.250. The van der Waals surface area contributed by atoms with Gasteiger partial charge < -0.3 is 10.1 Å². The third-order valence-electron chi connectivity index (χ3n) is 3.77. The van der Waals surface area contributed by atoms with Crippen LogP contribution in [0.15, 0.2) is 41.3 Å². The fourth-order valence-electron chi connectivity index (χ4n) is 2.57. The zero-order chi connectivity index (χ0) is 19.5. The fraction of sp³-hybridized carbons (Fsp3) is 0.176. The Morgan fingerprint density at radius 2 is 2.21 bits per heavy atom. The molecule has 4 rings (SSSR count). The first kappa shape index (κ1) is 17.4. The highest BCUT2D eigenvalue weighted by atomic mass is 16.6. The second kappa shape index (κ2) is 7.31. The molecule has 0 unspecified atom stereocenters. The summed E-state index contributed by atoms with van der Waals surface area (Å²) in [5, 5.41) is 9.23. The van der Waals surface area contributed by atoms with Crippen LogP contribution in [0.2, 0.25) is 0 Å². The van der Waals surface area contributed by atoms with Crippen LogP contribution in [0.1, 0.15) is 6.92 Å². The number of hydrogen-bond donors (Lipinski definition) is 2. The van der Waals surface area contributed by atoms with Crippen molar-refractivity contribution >= 4 is 17.5 Å². The Hall–Kier alpha value is -4.02. The molecule has 2 amide bonds. The van der Waals surface area contributed by atoms with Gasteiger partial charge in [-0.1, -0.05) is 0 Å². The SMILES string of the molecule is CCNC(=O)Nc1cn2c(-c3noc(OC)n3)nc(-c3cccnc3)cc2n1. The highest BCUT2D eigenvalue weighted by Gasteiger charge is 2.18. The molecule has 11 heteroatoms. The van der Waals surface area contributed by atoms with E-state index in [9.17, 15) is 4.79 Å². The monoisotopic (exact) mass is 380 g/mol. The van der Waals surface area contributed by atoms with Crippen LogP contribution in [0.5, 0.6) is 6.08 Å². The number of rotatable bonds is 5. The number of aromatic nitrogens is 6. The molecule has 0 radical (unpaired) electrons. The molecule has 0 bridgehead atoms. The average molecular weight is 380 g/mol. The van der Waals surface area contributed by atoms with Crippen LogP contribution < -0.4 is 15.4 Å². The van der Waals surface area contributed by atoms with E-state index < -0.39 is 0 Å². The summed E-state index contributed by atoms with van der Waals surface area (Å²) in [6.45, 7) is 2.33. The number of fused-ring (bicyclic) bond motifs is 1. The molecule has 0 aromatic carbocycles. The van der Waals surface area contributed by atoms with E-state index in [0.29, 0.717) is 29.5 Å². The van der Waals surface area contributed by atoms with Crippen molar-refractivity contribution in [2.45, 2.75) is 6.92 Å². The van der Waals surface area contributed by atoms with Crippen molar-refractivity contribution in [1.29, 1.82) is 0 Å². The van der Waals surface area contributed by atoms with Crippen LogP contribution >= 0.6 is 0 Å². The topological polar surface area (TPSA) is 132 Å². The normalized spacial score (nSPS) is 10.8. The minimum absolute atomic E-state index is 0.0116. The Labute approximate surface area is 158 Å². The minimum Gasteiger partial charge on any atom is -0.452 e. The summed E-state index contributed by atoms with van der Waals surface area (Å²) in [5.74, 6) is 0.946. The van der Waals surface area contributed by atoms with Gasteiger partial charge in [0.2, 0.25) is 5.82 Å². The molecule has 4 aromatic heterocycles. The molecule has 0 atom stereocenters. The van der Waals surface area contributed by atoms with Gasteiger partial charge in [0.15, 0.2) is 11.6 Å². The van der Waals surface area contributed by atoms with E-state index in [2.05, 4.69) is 35.7 Å². The molecule has 4 aromatic rings. The number of carbonyl (C=O) groups excluding carboxylic acids is 1. The van der Waals surface area contributed by atoms with Gasteiger partial charge in [0, 0.05) is 30.6 Å². The molecule has 0 aliphatic carbocycles. The number of amides is 2. The van der Waals surface area contributed by atoms with E-state index in [-0.39, 0.29) is 17.9 Å². The Bertz CT molecular complexity index is 1120. The molecule has 11 nitrogen and oxygen atoms in total. The third-order valence-corrected chi connectivity index (χ3v) is 3.77. The standard InChI is InChI=1S/C17H16N8O3/c1-3-19-16(26)22-12-9-25-13(21-12)7-11(10-5-4-6-18-8-10)20-15(25)14-23-17(27-2)28-24-14/h4-9H,3H2,1-2H3,(H2,19,22,26). The first-order valence-electron chi connectivity index (χ1n) is 8.41. The highest BCUT2D eigenvalue weighted by Crippen LogP contribution is 2.25. The van der Waals surface area contributed by atoms with Gasteiger partial charge in [-0.25, -0.2) is 14.8 Å². The summed E-state index contributed by atoms with van der Waals surface area (Å²) in [5.41, 5.74) is 1.96. The number of carbonyl (C=O) groups is 1. The number of ether oxygens (including phenoxy) is 1. The first-order valence-corrected chi connectivity index (χ1v) is 8.41. The van der Waals surface area contributed by atoms with Crippen LogP contribution in [-0.2, 0) is 0 Å². The minimum atomic E-state index is -0.353. The van der Waals surface area contributed by atoms with E-state index in [1.54, 1.807) is 29.1 Å². The zero-order valence-corrected chi connectivity index (χ0v) is 15.1. The van der Waals surface area contributed by atoms with E-state index in [1.807, 2.05) is 19.1 Å².